The largest absolute Gasteiger partial charge is 0.447 e. The van der Waals surface area contributed by atoms with E-state index in [1.165, 1.54) is 17.0 Å². The van der Waals surface area contributed by atoms with Gasteiger partial charge in [-0.2, -0.15) is 8.42 Å². The van der Waals surface area contributed by atoms with Crippen molar-refractivity contribution in [3.63, 3.8) is 0 Å². The van der Waals surface area contributed by atoms with Crippen molar-refractivity contribution in [3.05, 3.63) is 24.3 Å². The molecule has 1 saturated heterocycles. The first-order valence-electron chi connectivity index (χ1n) is 4.47. The molecule has 1 aromatic carbocycles. The van der Waals surface area contributed by atoms with E-state index in [4.69, 9.17) is 4.74 Å². The predicted octanol–water partition coefficient (Wildman–Crippen LogP) is 1.30. The molecule has 2 rings (SSSR count). The quantitative estimate of drug-likeness (QED) is 0.737. The van der Waals surface area contributed by atoms with Crippen LogP contribution in [0, 0.1) is 0 Å². The van der Waals surface area contributed by atoms with Crippen molar-refractivity contribution in [1.82, 2.24) is 0 Å². The zero-order chi connectivity index (χ0) is 11.8. The fourth-order valence-electron chi connectivity index (χ4n) is 1.42. The molecule has 0 spiro atoms. The molecule has 1 aliphatic heterocycles. The summed E-state index contributed by atoms with van der Waals surface area (Å²) in [5.41, 5.74) is 0.481. The summed E-state index contributed by atoms with van der Waals surface area (Å²) >= 11 is 0. The molecule has 7 heteroatoms. The molecule has 0 atom stereocenters. The lowest BCUT2D eigenvalue weighted by Crippen LogP contribution is -2.23. The summed E-state index contributed by atoms with van der Waals surface area (Å²) in [6.45, 7) is 0.697. The molecule has 0 N–H and O–H groups in total. The van der Waals surface area contributed by atoms with E-state index in [1.807, 2.05) is 0 Å². The molecule has 0 aliphatic carbocycles. The van der Waals surface area contributed by atoms with Gasteiger partial charge in [-0.3, -0.25) is 4.90 Å². The third-order valence-corrected chi connectivity index (χ3v) is 3.03. The molecule has 1 amide bonds. The highest BCUT2D eigenvalue weighted by molar-refractivity contribution is 7.86. The second-order valence-corrected chi connectivity index (χ2v) is 4.54. The summed E-state index contributed by atoms with van der Waals surface area (Å²) < 4.78 is 38.4. The maximum atomic E-state index is 12.6. The number of hydrogen-bond acceptors (Lipinski definition) is 4. The van der Waals surface area contributed by atoms with Crippen molar-refractivity contribution >= 4 is 22.0 Å². The van der Waals surface area contributed by atoms with Crippen LogP contribution in [0.3, 0.4) is 0 Å². The van der Waals surface area contributed by atoms with E-state index in [0.29, 0.717) is 18.8 Å². The number of anilines is 1. The molecular formula is C9H8FNO4S. The minimum absolute atomic E-state index is 0.294. The minimum Gasteiger partial charge on any atom is -0.447 e. The maximum Gasteiger partial charge on any atom is 0.414 e. The number of carbonyl (C=O) groups is 1. The lowest BCUT2D eigenvalue weighted by molar-refractivity contribution is 0.181. The Morgan fingerprint density at radius 3 is 2.31 bits per heavy atom. The average Bonchev–Trinajstić information content (AvgIpc) is 2.63. The molecule has 16 heavy (non-hydrogen) atoms. The summed E-state index contributed by atoms with van der Waals surface area (Å²) in [5.74, 6) is 0. The molecule has 5 nitrogen and oxygen atoms in total. The van der Waals surface area contributed by atoms with Crippen LogP contribution < -0.4 is 4.90 Å². The second kappa shape index (κ2) is 3.75. The van der Waals surface area contributed by atoms with Crippen LogP contribution in [0.25, 0.3) is 0 Å². The molecule has 1 heterocycles. The molecule has 1 aliphatic rings. The van der Waals surface area contributed by atoms with Crippen LogP contribution in [0.1, 0.15) is 0 Å². The van der Waals surface area contributed by atoms with Crippen molar-refractivity contribution in [1.29, 1.82) is 0 Å². The lowest BCUT2D eigenvalue weighted by atomic mass is 10.3. The van der Waals surface area contributed by atoms with Gasteiger partial charge >= 0.3 is 16.3 Å². The van der Waals surface area contributed by atoms with Crippen LogP contribution in [-0.2, 0) is 15.0 Å². The zero-order valence-corrected chi connectivity index (χ0v) is 8.91. The molecule has 86 valence electrons. The predicted molar refractivity (Wildman–Crippen MR) is 53.4 cm³/mol. The molecule has 0 unspecified atom stereocenters. The van der Waals surface area contributed by atoms with Crippen molar-refractivity contribution < 1.29 is 21.8 Å². The Labute approximate surface area is 91.6 Å². The van der Waals surface area contributed by atoms with E-state index < -0.39 is 21.2 Å². The molecular weight excluding hydrogens is 237 g/mol. The van der Waals surface area contributed by atoms with E-state index in [1.54, 1.807) is 0 Å². The molecule has 0 aromatic heterocycles. The number of ether oxygens (including phenoxy) is 1. The topological polar surface area (TPSA) is 63.7 Å². The number of benzene rings is 1. The SMILES string of the molecule is O=C1OCCN1c1ccc(S(=O)(=O)F)cc1. The van der Waals surface area contributed by atoms with E-state index >= 15 is 0 Å². The maximum absolute atomic E-state index is 12.6. The third-order valence-electron chi connectivity index (χ3n) is 2.19. The molecule has 0 saturated carbocycles. The minimum atomic E-state index is -4.69. The van der Waals surface area contributed by atoms with E-state index in [9.17, 15) is 17.1 Å². The van der Waals surface area contributed by atoms with Gasteiger partial charge in [0, 0.05) is 5.69 Å². The fraction of sp³-hybridized carbons (Fsp3) is 0.222. The molecule has 1 fully saturated rings. The Hall–Kier alpha value is -1.63. The average molecular weight is 245 g/mol. The van der Waals surface area contributed by atoms with Gasteiger partial charge in [0.2, 0.25) is 0 Å². The Morgan fingerprint density at radius 2 is 1.88 bits per heavy atom. The normalized spacial score (nSPS) is 16.3. The lowest BCUT2D eigenvalue weighted by Gasteiger charge is -2.12. The van der Waals surface area contributed by atoms with Crippen molar-refractivity contribution in [2.75, 3.05) is 18.1 Å². The number of halogens is 1. The van der Waals surface area contributed by atoms with Gasteiger partial charge in [0.1, 0.15) is 6.61 Å². The summed E-state index contributed by atoms with van der Waals surface area (Å²) in [4.78, 5) is 12.1. The fourth-order valence-corrected chi connectivity index (χ4v) is 1.88. The van der Waals surface area contributed by atoms with Crippen molar-refractivity contribution in [3.8, 4) is 0 Å². The van der Waals surface area contributed by atoms with Crippen LogP contribution in [-0.4, -0.2) is 27.7 Å². The van der Waals surface area contributed by atoms with Crippen molar-refractivity contribution in [2.45, 2.75) is 4.90 Å². The number of rotatable bonds is 2. The number of hydrogen-bond donors (Lipinski definition) is 0. The van der Waals surface area contributed by atoms with Gasteiger partial charge in [-0.1, -0.05) is 0 Å². The summed E-state index contributed by atoms with van der Waals surface area (Å²) in [7, 11) is -4.69. The van der Waals surface area contributed by atoms with Crippen LogP contribution in [0.4, 0.5) is 14.4 Å². The van der Waals surface area contributed by atoms with Crippen LogP contribution in [0.2, 0.25) is 0 Å². The van der Waals surface area contributed by atoms with Gasteiger partial charge in [-0.15, -0.1) is 3.89 Å². The molecule has 0 bridgehead atoms. The number of carbonyl (C=O) groups excluding carboxylic acids is 1. The first kappa shape index (κ1) is 10.9. The van der Waals surface area contributed by atoms with Gasteiger partial charge in [-0.25, -0.2) is 4.79 Å². The third kappa shape index (κ3) is 1.99. The van der Waals surface area contributed by atoms with E-state index in [-0.39, 0.29) is 0 Å². The monoisotopic (exact) mass is 245 g/mol. The van der Waals surface area contributed by atoms with Gasteiger partial charge < -0.3 is 4.74 Å². The van der Waals surface area contributed by atoms with Gasteiger partial charge in [0.05, 0.1) is 11.4 Å². The second-order valence-electron chi connectivity index (χ2n) is 3.20. The van der Waals surface area contributed by atoms with Crippen LogP contribution >= 0.6 is 0 Å². The summed E-state index contributed by atoms with van der Waals surface area (Å²) in [6, 6.07) is 4.94. The summed E-state index contributed by atoms with van der Waals surface area (Å²) in [6.07, 6.45) is -0.490. The summed E-state index contributed by atoms with van der Waals surface area (Å²) in [5, 5.41) is 0. The van der Waals surface area contributed by atoms with E-state index in [2.05, 4.69) is 0 Å². The number of cyclic esters (lactones) is 1. The molecule has 0 radical (unpaired) electrons. The van der Waals surface area contributed by atoms with Gasteiger partial charge in [0.15, 0.2) is 0 Å². The zero-order valence-electron chi connectivity index (χ0n) is 8.09. The van der Waals surface area contributed by atoms with Gasteiger partial charge in [0.25, 0.3) is 0 Å². The number of amides is 1. The van der Waals surface area contributed by atoms with E-state index in [0.717, 1.165) is 12.1 Å². The first-order valence-corrected chi connectivity index (χ1v) is 5.86. The Morgan fingerprint density at radius 1 is 1.25 bits per heavy atom. The van der Waals surface area contributed by atoms with Crippen LogP contribution in [0.15, 0.2) is 29.2 Å². The Kier molecular flexibility index (Phi) is 2.55. The Bertz CT molecular complexity index is 511. The highest BCUT2D eigenvalue weighted by Gasteiger charge is 2.23. The Balaban J connectivity index is 2.29. The highest BCUT2D eigenvalue weighted by Crippen LogP contribution is 2.21. The van der Waals surface area contributed by atoms with Crippen LogP contribution in [0.5, 0.6) is 0 Å². The first-order chi connectivity index (χ1) is 7.48. The number of nitrogens with zero attached hydrogens (tertiary/aromatic N) is 1. The smallest absolute Gasteiger partial charge is 0.414 e. The molecule has 1 aromatic rings. The highest BCUT2D eigenvalue weighted by atomic mass is 32.3. The standard InChI is InChI=1S/C9H8FNO4S/c10-16(13,14)8-3-1-7(2-4-8)11-5-6-15-9(11)12/h1-4H,5-6H2. The van der Waals surface area contributed by atoms with Gasteiger partial charge in [-0.05, 0) is 24.3 Å². The van der Waals surface area contributed by atoms with Crippen molar-refractivity contribution in [2.24, 2.45) is 0 Å².